The predicted molar refractivity (Wildman–Crippen MR) is 79.1 cm³/mol. The number of hydrogen-bond acceptors (Lipinski definition) is 3. The van der Waals surface area contributed by atoms with E-state index in [2.05, 4.69) is 10.6 Å². The summed E-state index contributed by atoms with van der Waals surface area (Å²) in [5.74, 6) is -0.282. The van der Waals surface area contributed by atoms with Crippen LogP contribution in [0.2, 0.25) is 0 Å². The standard InChI is InChI=1S/C16H20N2O2/c1-2-20-16(19)13-7-9-15(10-8-13)18-12-4-6-14(18)5-3-11-17/h4,6-10,12H,2-3,5,11,17H2,1H3. The van der Waals surface area contributed by atoms with Crippen LogP contribution in [0.1, 0.15) is 29.4 Å². The molecule has 0 atom stereocenters. The zero-order valence-electron chi connectivity index (χ0n) is 11.7. The Bertz CT molecular complexity index is 558. The van der Waals surface area contributed by atoms with Crippen LogP contribution in [0.3, 0.4) is 0 Å². The van der Waals surface area contributed by atoms with Crippen molar-refractivity contribution in [3.63, 3.8) is 0 Å². The number of rotatable bonds is 6. The van der Waals surface area contributed by atoms with E-state index in [0.29, 0.717) is 18.7 Å². The van der Waals surface area contributed by atoms with Crippen molar-refractivity contribution in [1.82, 2.24) is 4.57 Å². The van der Waals surface area contributed by atoms with Gasteiger partial charge in [0.15, 0.2) is 0 Å². The zero-order chi connectivity index (χ0) is 14.4. The van der Waals surface area contributed by atoms with Gasteiger partial charge in [0.2, 0.25) is 0 Å². The van der Waals surface area contributed by atoms with Gasteiger partial charge in [-0.05, 0) is 62.7 Å². The van der Waals surface area contributed by atoms with Gasteiger partial charge >= 0.3 is 5.97 Å². The molecule has 0 unspecified atom stereocenters. The average Bonchev–Trinajstić information content (AvgIpc) is 2.94. The minimum absolute atomic E-state index is 0.282. The van der Waals surface area contributed by atoms with Gasteiger partial charge in [0.1, 0.15) is 0 Å². The molecule has 4 heteroatoms. The van der Waals surface area contributed by atoms with Crippen molar-refractivity contribution in [1.29, 1.82) is 0 Å². The zero-order valence-corrected chi connectivity index (χ0v) is 11.7. The smallest absolute Gasteiger partial charge is 0.338 e. The SMILES string of the molecule is CCOC(=O)c1ccc(-n2cccc2CCCN)cc1. The number of carbonyl (C=O) groups is 1. The van der Waals surface area contributed by atoms with Gasteiger partial charge in [0.05, 0.1) is 12.2 Å². The van der Waals surface area contributed by atoms with Crippen molar-refractivity contribution in [3.8, 4) is 5.69 Å². The van der Waals surface area contributed by atoms with E-state index >= 15 is 0 Å². The number of esters is 1. The normalized spacial score (nSPS) is 10.5. The molecule has 4 nitrogen and oxygen atoms in total. The summed E-state index contributed by atoms with van der Waals surface area (Å²) in [4.78, 5) is 11.6. The van der Waals surface area contributed by atoms with Crippen LogP contribution in [0.25, 0.3) is 5.69 Å². The quantitative estimate of drug-likeness (QED) is 0.822. The highest BCUT2D eigenvalue weighted by Crippen LogP contribution is 2.15. The first-order valence-corrected chi connectivity index (χ1v) is 6.90. The van der Waals surface area contributed by atoms with Crippen LogP contribution >= 0.6 is 0 Å². The summed E-state index contributed by atoms with van der Waals surface area (Å²) in [5.41, 5.74) is 8.39. The third-order valence-corrected chi connectivity index (χ3v) is 3.13. The van der Waals surface area contributed by atoms with Gasteiger partial charge in [-0.3, -0.25) is 0 Å². The maximum Gasteiger partial charge on any atom is 0.338 e. The first-order valence-electron chi connectivity index (χ1n) is 6.90. The van der Waals surface area contributed by atoms with Crippen LogP contribution in [0.15, 0.2) is 42.6 Å². The number of carbonyl (C=O) groups excluding carboxylic acids is 1. The fraction of sp³-hybridized carbons (Fsp3) is 0.312. The van der Waals surface area contributed by atoms with E-state index in [-0.39, 0.29) is 5.97 Å². The van der Waals surface area contributed by atoms with E-state index in [9.17, 15) is 4.79 Å². The first-order chi connectivity index (χ1) is 9.76. The fourth-order valence-electron chi connectivity index (χ4n) is 2.13. The molecule has 0 saturated heterocycles. The van der Waals surface area contributed by atoms with Crippen LogP contribution in [0.4, 0.5) is 0 Å². The fourth-order valence-corrected chi connectivity index (χ4v) is 2.13. The van der Waals surface area contributed by atoms with E-state index in [1.807, 2.05) is 24.4 Å². The molecule has 0 aliphatic carbocycles. The molecule has 0 aliphatic rings. The molecule has 106 valence electrons. The van der Waals surface area contributed by atoms with Gasteiger partial charge in [0, 0.05) is 17.6 Å². The summed E-state index contributed by atoms with van der Waals surface area (Å²) in [6.45, 7) is 2.88. The number of ether oxygens (including phenoxy) is 1. The molecule has 2 rings (SSSR count). The Balaban J connectivity index is 2.17. The van der Waals surface area contributed by atoms with Crippen LogP contribution in [0, 0.1) is 0 Å². The van der Waals surface area contributed by atoms with Crippen molar-refractivity contribution >= 4 is 5.97 Å². The lowest BCUT2D eigenvalue weighted by atomic mass is 10.2. The summed E-state index contributed by atoms with van der Waals surface area (Å²) in [5, 5.41) is 0. The summed E-state index contributed by atoms with van der Waals surface area (Å²) in [6.07, 6.45) is 3.93. The maximum absolute atomic E-state index is 11.6. The Hall–Kier alpha value is -2.07. The monoisotopic (exact) mass is 272 g/mol. The summed E-state index contributed by atoms with van der Waals surface area (Å²) in [7, 11) is 0. The van der Waals surface area contributed by atoms with Crippen molar-refractivity contribution in [2.45, 2.75) is 19.8 Å². The molecule has 0 aliphatic heterocycles. The van der Waals surface area contributed by atoms with Crippen LogP contribution in [-0.2, 0) is 11.2 Å². The minimum Gasteiger partial charge on any atom is -0.462 e. The van der Waals surface area contributed by atoms with E-state index in [1.54, 1.807) is 19.1 Å². The topological polar surface area (TPSA) is 57.2 Å². The highest BCUT2D eigenvalue weighted by Gasteiger charge is 2.07. The molecular formula is C16H20N2O2. The average molecular weight is 272 g/mol. The Morgan fingerprint density at radius 1 is 1.25 bits per heavy atom. The molecule has 0 fully saturated rings. The van der Waals surface area contributed by atoms with Crippen molar-refractivity contribution in [2.75, 3.05) is 13.2 Å². The largest absolute Gasteiger partial charge is 0.462 e. The van der Waals surface area contributed by atoms with Crippen molar-refractivity contribution in [3.05, 3.63) is 53.9 Å². The molecule has 0 spiro atoms. The number of aromatic nitrogens is 1. The molecule has 1 aromatic carbocycles. The number of aryl methyl sites for hydroxylation is 1. The van der Waals surface area contributed by atoms with Crippen LogP contribution < -0.4 is 5.73 Å². The highest BCUT2D eigenvalue weighted by atomic mass is 16.5. The Morgan fingerprint density at radius 3 is 2.65 bits per heavy atom. The molecule has 1 aromatic heterocycles. The number of nitrogens with zero attached hydrogens (tertiary/aromatic N) is 1. The third kappa shape index (κ3) is 3.27. The van der Waals surface area contributed by atoms with E-state index < -0.39 is 0 Å². The van der Waals surface area contributed by atoms with Crippen LogP contribution in [0.5, 0.6) is 0 Å². The third-order valence-electron chi connectivity index (χ3n) is 3.13. The first kappa shape index (κ1) is 14.3. The molecule has 0 bridgehead atoms. The maximum atomic E-state index is 11.6. The summed E-state index contributed by atoms with van der Waals surface area (Å²) < 4.78 is 7.09. The van der Waals surface area contributed by atoms with Gasteiger partial charge in [-0.15, -0.1) is 0 Å². The second-order valence-electron chi connectivity index (χ2n) is 4.53. The molecular weight excluding hydrogens is 252 g/mol. The molecule has 0 amide bonds. The number of hydrogen-bond donors (Lipinski definition) is 1. The lowest BCUT2D eigenvalue weighted by Crippen LogP contribution is -2.06. The molecule has 1 heterocycles. The van der Waals surface area contributed by atoms with E-state index in [4.69, 9.17) is 10.5 Å². The van der Waals surface area contributed by atoms with Crippen molar-refractivity contribution in [2.24, 2.45) is 5.73 Å². The molecule has 2 aromatic rings. The Kier molecular flexibility index (Phi) is 4.96. The Morgan fingerprint density at radius 2 is 2.00 bits per heavy atom. The molecule has 0 radical (unpaired) electrons. The van der Waals surface area contributed by atoms with Gasteiger partial charge in [-0.2, -0.15) is 0 Å². The van der Waals surface area contributed by atoms with E-state index in [0.717, 1.165) is 18.5 Å². The van der Waals surface area contributed by atoms with Gasteiger partial charge in [-0.1, -0.05) is 0 Å². The molecule has 2 N–H and O–H groups in total. The number of nitrogens with two attached hydrogens (primary N) is 1. The van der Waals surface area contributed by atoms with Crippen LogP contribution in [-0.4, -0.2) is 23.7 Å². The minimum atomic E-state index is -0.282. The summed E-state index contributed by atoms with van der Waals surface area (Å²) in [6, 6.07) is 11.6. The van der Waals surface area contributed by atoms with Gasteiger partial charge < -0.3 is 15.0 Å². The van der Waals surface area contributed by atoms with Crippen molar-refractivity contribution < 1.29 is 9.53 Å². The lowest BCUT2D eigenvalue weighted by molar-refractivity contribution is 0.0526. The molecule has 0 saturated carbocycles. The number of benzene rings is 1. The second kappa shape index (κ2) is 6.91. The highest BCUT2D eigenvalue weighted by molar-refractivity contribution is 5.89. The predicted octanol–water partition coefficient (Wildman–Crippen LogP) is 2.55. The Labute approximate surface area is 119 Å². The van der Waals surface area contributed by atoms with Gasteiger partial charge in [-0.25, -0.2) is 4.79 Å². The second-order valence-corrected chi connectivity index (χ2v) is 4.53. The van der Waals surface area contributed by atoms with E-state index in [1.165, 1.54) is 5.69 Å². The summed E-state index contributed by atoms with van der Waals surface area (Å²) >= 11 is 0. The van der Waals surface area contributed by atoms with Gasteiger partial charge in [0.25, 0.3) is 0 Å². The lowest BCUT2D eigenvalue weighted by Gasteiger charge is -2.10. The molecule has 20 heavy (non-hydrogen) atoms.